The first-order valence-corrected chi connectivity index (χ1v) is 6.48. The fourth-order valence-corrected chi connectivity index (χ4v) is 2.26. The van der Waals surface area contributed by atoms with Crippen LogP contribution >= 0.6 is 34.1 Å². The van der Waals surface area contributed by atoms with E-state index in [0.717, 1.165) is 4.57 Å². The molecule has 0 spiro atoms. The topological polar surface area (TPSA) is 44.0 Å². The van der Waals surface area contributed by atoms with Crippen molar-refractivity contribution in [1.82, 2.24) is 9.13 Å². The molecule has 0 N–H and O–H groups in total. The number of rotatable bonds is 2. The van der Waals surface area contributed by atoms with E-state index < -0.39 is 5.69 Å². The van der Waals surface area contributed by atoms with E-state index in [0.29, 0.717) is 5.56 Å². The number of thiol groups is 1. The summed E-state index contributed by atoms with van der Waals surface area (Å²) < 4.78 is 2.29. The molecule has 15 heavy (non-hydrogen) atoms. The third kappa shape index (κ3) is 2.11. The van der Waals surface area contributed by atoms with Crippen molar-refractivity contribution in [1.29, 1.82) is 0 Å². The van der Waals surface area contributed by atoms with Gasteiger partial charge >= 0.3 is 5.69 Å². The monoisotopic (exact) mass is 266 g/mol. The fraction of sp³-hybridized carbons (Fsp3) is 0.500. The van der Waals surface area contributed by atoms with Gasteiger partial charge in [0, 0.05) is 19.3 Å². The molecule has 0 aliphatic heterocycles. The normalized spacial score (nSPS) is 12.9. The molecule has 4 nitrogen and oxygen atoms in total. The molecule has 1 unspecified atom stereocenters. The number of halogens is 1. The van der Waals surface area contributed by atoms with Crippen molar-refractivity contribution >= 4 is 34.1 Å². The summed E-state index contributed by atoms with van der Waals surface area (Å²) in [5, 5.41) is 0.0171. The molecule has 1 aromatic heterocycles. The second-order valence-corrected chi connectivity index (χ2v) is 5.07. The molecule has 0 amide bonds. The highest BCUT2D eigenvalue weighted by Gasteiger charge is 2.18. The van der Waals surface area contributed by atoms with Gasteiger partial charge in [0.2, 0.25) is 0 Å². The summed E-state index contributed by atoms with van der Waals surface area (Å²) in [5.74, 6) is 0. The molecule has 1 aromatic rings. The highest BCUT2D eigenvalue weighted by atomic mass is 35.5. The molecule has 1 heterocycles. The van der Waals surface area contributed by atoms with Gasteiger partial charge in [0.15, 0.2) is 0 Å². The first-order chi connectivity index (χ1) is 6.91. The molecule has 0 aromatic carbocycles. The Bertz CT molecular complexity index is 495. The van der Waals surface area contributed by atoms with Crippen LogP contribution in [0.5, 0.6) is 0 Å². The predicted molar refractivity (Wildman–Crippen MR) is 66.9 cm³/mol. The first-order valence-electron chi connectivity index (χ1n) is 4.17. The van der Waals surface area contributed by atoms with Crippen LogP contribution < -0.4 is 11.2 Å². The van der Waals surface area contributed by atoms with E-state index in [-0.39, 0.29) is 16.0 Å². The van der Waals surface area contributed by atoms with Crippen LogP contribution in [0.15, 0.2) is 9.59 Å². The Balaban J connectivity index is 3.68. The predicted octanol–water partition coefficient (Wildman–Crippen LogP) is 1.38. The lowest BCUT2D eigenvalue weighted by molar-refractivity contribution is 0.670. The van der Waals surface area contributed by atoms with Gasteiger partial charge in [-0.25, -0.2) is 4.79 Å². The summed E-state index contributed by atoms with van der Waals surface area (Å²) in [6.45, 7) is 1.81. The van der Waals surface area contributed by atoms with Gasteiger partial charge in [0.05, 0.1) is 5.56 Å². The molecule has 1 rings (SSSR count). The summed E-state index contributed by atoms with van der Waals surface area (Å²) in [4.78, 5) is 23.3. The van der Waals surface area contributed by atoms with Crippen molar-refractivity contribution in [2.24, 2.45) is 14.1 Å². The largest absolute Gasteiger partial charge is 0.331 e. The van der Waals surface area contributed by atoms with E-state index in [4.69, 9.17) is 11.6 Å². The maximum atomic E-state index is 11.8. The molecule has 0 radical (unpaired) electrons. The first kappa shape index (κ1) is 12.7. The van der Waals surface area contributed by atoms with Crippen molar-refractivity contribution in [3.05, 3.63) is 31.6 Å². The molecule has 0 aliphatic carbocycles. The Morgan fingerprint density at radius 3 is 2.33 bits per heavy atom. The number of nitrogens with zero attached hydrogens (tertiary/aromatic N) is 2. The van der Waals surface area contributed by atoms with Crippen molar-refractivity contribution in [2.75, 3.05) is 0 Å². The van der Waals surface area contributed by atoms with E-state index in [2.05, 4.69) is 11.7 Å². The minimum Gasteiger partial charge on any atom is -0.287 e. The maximum absolute atomic E-state index is 11.8. The SMILES string of the molecule is CC(SS)c1c(Cl)n(C)c(=O)n(C)c1=O. The van der Waals surface area contributed by atoms with Crippen LogP contribution in [0, 0.1) is 0 Å². The van der Waals surface area contributed by atoms with Crippen LogP contribution in [-0.4, -0.2) is 9.13 Å². The van der Waals surface area contributed by atoms with Crippen molar-refractivity contribution < 1.29 is 0 Å². The maximum Gasteiger partial charge on any atom is 0.331 e. The molecular formula is C8H11ClN2O2S2. The molecule has 0 aliphatic rings. The van der Waals surface area contributed by atoms with Crippen molar-refractivity contribution in [3.8, 4) is 0 Å². The van der Waals surface area contributed by atoms with Crippen LogP contribution in [0.25, 0.3) is 0 Å². The van der Waals surface area contributed by atoms with Gasteiger partial charge in [-0.2, -0.15) is 0 Å². The minimum atomic E-state index is -0.426. The van der Waals surface area contributed by atoms with E-state index in [1.54, 1.807) is 0 Å². The van der Waals surface area contributed by atoms with Crippen molar-refractivity contribution in [2.45, 2.75) is 12.2 Å². The Labute approximate surface area is 101 Å². The second-order valence-electron chi connectivity index (χ2n) is 3.16. The smallest absolute Gasteiger partial charge is 0.287 e. The average Bonchev–Trinajstić information content (AvgIpc) is 2.23. The number of hydrogen-bond acceptors (Lipinski definition) is 4. The molecule has 0 saturated carbocycles. The summed E-state index contributed by atoms with van der Waals surface area (Å²) in [6, 6.07) is 0. The molecule has 84 valence electrons. The summed E-state index contributed by atoms with van der Waals surface area (Å²) in [7, 11) is 4.17. The lowest BCUT2D eigenvalue weighted by Crippen LogP contribution is -2.39. The average molecular weight is 267 g/mol. The summed E-state index contributed by atoms with van der Waals surface area (Å²) in [5.41, 5.74) is -0.386. The highest BCUT2D eigenvalue weighted by molar-refractivity contribution is 8.68. The van der Waals surface area contributed by atoms with Gasteiger partial charge < -0.3 is 0 Å². The quantitative estimate of drug-likeness (QED) is 0.500. The van der Waals surface area contributed by atoms with Crippen molar-refractivity contribution in [3.63, 3.8) is 0 Å². The molecule has 7 heteroatoms. The van der Waals surface area contributed by atoms with E-state index >= 15 is 0 Å². The van der Waals surface area contributed by atoms with Gasteiger partial charge in [0.25, 0.3) is 5.56 Å². The van der Waals surface area contributed by atoms with Gasteiger partial charge in [-0.15, -0.1) is 11.7 Å². The lowest BCUT2D eigenvalue weighted by atomic mass is 10.2. The Morgan fingerprint density at radius 2 is 1.87 bits per heavy atom. The Kier molecular flexibility index (Phi) is 3.97. The van der Waals surface area contributed by atoms with Crippen LogP contribution in [0.3, 0.4) is 0 Å². The summed E-state index contributed by atoms with van der Waals surface area (Å²) in [6.07, 6.45) is 0. The second kappa shape index (κ2) is 4.67. The lowest BCUT2D eigenvalue weighted by Gasteiger charge is -2.13. The van der Waals surface area contributed by atoms with Gasteiger partial charge in [-0.3, -0.25) is 13.9 Å². The third-order valence-electron chi connectivity index (χ3n) is 2.19. The molecule has 0 bridgehead atoms. The van der Waals surface area contributed by atoms with Gasteiger partial charge in [-0.05, 0) is 6.92 Å². The number of aromatic nitrogens is 2. The molecule has 1 atom stereocenters. The zero-order valence-electron chi connectivity index (χ0n) is 8.52. The van der Waals surface area contributed by atoms with E-state index in [1.807, 2.05) is 6.92 Å². The highest BCUT2D eigenvalue weighted by Crippen LogP contribution is 2.31. The van der Waals surface area contributed by atoms with Gasteiger partial charge in [0.1, 0.15) is 5.15 Å². The number of hydrogen-bond donors (Lipinski definition) is 1. The van der Waals surface area contributed by atoms with Crippen LogP contribution in [-0.2, 0) is 14.1 Å². The zero-order chi connectivity index (χ0) is 11.7. The molecular weight excluding hydrogens is 256 g/mol. The van der Waals surface area contributed by atoms with E-state index in [1.165, 1.54) is 29.5 Å². The van der Waals surface area contributed by atoms with Gasteiger partial charge in [-0.1, -0.05) is 22.4 Å². The Morgan fingerprint density at radius 1 is 1.33 bits per heavy atom. The van der Waals surface area contributed by atoms with Crippen LogP contribution in [0.2, 0.25) is 5.15 Å². The standard InChI is InChI=1S/C8H11ClN2O2S2/c1-4(15-14)5-6(9)10(2)8(13)11(3)7(5)12/h4,14H,1-3H3. The third-order valence-corrected chi connectivity index (χ3v) is 4.15. The fourth-order valence-electron chi connectivity index (χ4n) is 1.24. The van der Waals surface area contributed by atoms with Crippen LogP contribution in [0.4, 0.5) is 0 Å². The molecule has 0 fully saturated rings. The molecule has 0 saturated heterocycles. The zero-order valence-corrected chi connectivity index (χ0v) is 11.0. The van der Waals surface area contributed by atoms with E-state index in [9.17, 15) is 9.59 Å². The summed E-state index contributed by atoms with van der Waals surface area (Å²) >= 11 is 9.99. The minimum absolute atomic E-state index is 0.161. The Hall–Kier alpha value is -0.330. The van der Waals surface area contributed by atoms with Crippen LogP contribution in [0.1, 0.15) is 17.7 Å².